The van der Waals surface area contributed by atoms with Crippen LogP contribution < -0.4 is 0 Å². The van der Waals surface area contributed by atoms with Gasteiger partial charge in [0, 0.05) is 22.5 Å². The van der Waals surface area contributed by atoms with Crippen LogP contribution in [0.1, 0.15) is 52.9 Å². The van der Waals surface area contributed by atoms with Crippen LogP contribution in [0.25, 0.3) is 0 Å². The number of rotatable bonds is 7. The van der Waals surface area contributed by atoms with Crippen LogP contribution in [0.2, 0.25) is 5.02 Å². The minimum atomic E-state index is -0.482. The molecule has 0 saturated heterocycles. The predicted octanol–water partition coefficient (Wildman–Crippen LogP) is 6.94. The maximum atomic E-state index is 14.2. The van der Waals surface area contributed by atoms with Gasteiger partial charge in [-0.3, -0.25) is 9.59 Å². The molecule has 1 unspecified atom stereocenters. The number of amides is 2. The van der Waals surface area contributed by atoms with Gasteiger partial charge in [-0.2, -0.15) is 0 Å². The van der Waals surface area contributed by atoms with Gasteiger partial charge in [0.2, 0.25) is 11.8 Å². The van der Waals surface area contributed by atoms with Crippen molar-refractivity contribution in [3.05, 3.63) is 129 Å². The van der Waals surface area contributed by atoms with E-state index in [1.807, 2.05) is 104 Å². The Hall–Kier alpha value is -3.41. The molecule has 0 N–H and O–H groups in total. The van der Waals surface area contributed by atoms with E-state index in [0.717, 1.165) is 28.7 Å². The molecule has 1 aliphatic rings. The Morgan fingerprint density at radius 3 is 2.11 bits per heavy atom. The number of nitrogens with zero attached hydrogens (tertiary/aromatic N) is 2. The number of hydrogen-bond donors (Lipinski definition) is 0. The average Bonchev–Trinajstić information content (AvgIpc) is 3.42. The van der Waals surface area contributed by atoms with E-state index in [9.17, 15) is 9.59 Å². The summed E-state index contributed by atoms with van der Waals surface area (Å²) in [6.45, 7) is 4.58. The van der Waals surface area contributed by atoms with Gasteiger partial charge >= 0.3 is 0 Å². The number of benzene rings is 3. The highest BCUT2D eigenvalue weighted by atomic mass is 35.5. The number of carbonyl (C=O) groups excluding carboxylic acids is 2. The van der Waals surface area contributed by atoms with Gasteiger partial charge in [0.05, 0.1) is 12.0 Å². The maximum Gasteiger partial charge on any atom is 0.243 e. The number of thiophene rings is 1. The molecule has 1 aliphatic heterocycles. The first-order chi connectivity index (χ1) is 18.4. The standard InChI is InChI=1S/C32H31ClN2O2S/c1-22(2)35(32(37)30(23-9-5-3-6-10-23)24-11-7-4-8-12-24)21-29(36)34-19-17-28-27(18-20-38-28)31(34)25-13-15-26(33)16-14-25/h3-16,18,20,22,30-31H,17,19,21H2,1-2H3. The molecule has 0 aliphatic carbocycles. The zero-order chi connectivity index (χ0) is 26.6. The van der Waals surface area contributed by atoms with Crippen LogP contribution in [-0.4, -0.2) is 40.7 Å². The van der Waals surface area contributed by atoms with E-state index < -0.39 is 5.92 Å². The molecular formula is C32H31ClN2O2S. The van der Waals surface area contributed by atoms with Gasteiger partial charge in [0.25, 0.3) is 0 Å². The lowest BCUT2D eigenvalue weighted by Gasteiger charge is -2.39. The van der Waals surface area contributed by atoms with Crippen molar-refractivity contribution in [1.82, 2.24) is 9.80 Å². The maximum absolute atomic E-state index is 14.2. The topological polar surface area (TPSA) is 40.6 Å². The lowest BCUT2D eigenvalue weighted by molar-refractivity contribution is -0.143. The summed E-state index contributed by atoms with van der Waals surface area (Å²) in [7, 11) is 0. The lowest BCUT2D eigenvalue weighted by atomic mass is 9.89. The smallest absolute Gasteiger partial charge is 0.243 e. The fourth-order valence-electron chi connectivity index (χ4n) is 5.28. The quantitative estimate of drug-likeness (QED) is 0.254. The normalized spacial score (nSPS) is 15.0. The summed E-state index contributed by atoms with van der Waals surface area (Å²) in [5, 5.41) is 2.76. The monoisotopic (exact) mass is 542 g/mol. The predicted molar refractivity (Wildman–Crippen MR) is 155 cm³/mol. The van der Waals surface area contributed by atoms with Crippen molar-refractivity contribution in [3.8, 4) is 0 Å². The summed E-state index contributed by atoms with van der Waals surface area (Å²) in [4.78, 5) is 33.2. The second-order valence-corrected chi connectivity index (χ2v) is 11.3. The van der Waals surface area contributed by atoms with Crippen molar-refractivity contribution in [2.75, 3.05) is 13.1 Å². The average molecular weight is 543 g/mol. The molecule has 0 fully saturated rings. The van der Waals surface area contributed by atoms with E-state index in [0.29, 0.717) is 11.6 Å². The first-order valence-electron chi connectivity index (χ1n) is 13.0. The molecule has 2 heterocycles. The van der Waals surface area contributed by atoms with Gasteiger partial charge in [-0.1, -0.05) is 84.4 Å². The first-order valence-corrected chi connectivity index (χ1v) is 14.2. The van der Waals surface area contributed by atoms with Crippen LogP contribution in [0.3, 0.4) is 0 Å². The fourth-order valence-corrected chi connectivity index (χ4v) is 6.31. The fraction of sp³-hybridized carbons (Fsp3) is 0.250. The van der Waals surface area contributed by atoms with Crippen molar-refractivity contribution in [2.24, 2.45) is 0 Å². The Bertz CT molecular complexity index is 1350. The molecule has 0 spiro atoms. The van der Waals surface area contributed by atoms with Crippen molar-refractivity contribution in [1.29, 1.82) is 0 Å². The highest BCUT2D eigenvalue weighted by molar-refractivity contribution is 7.10. The Balaban J connectivity index is 1.46. The summed E-state index contributed by atoms with van der Waals surface area (Å²) in [6.07, 6.45) is 0.815. The molecule has 4 aromatic rings. The Kier molecular flexibility index (Phi) is 7.96. The minimum absolute atomic E-state index is 0.0240. The van der Waals surface area contributed by atoms with Gasteiger partial charge < -0.3 is 9.80 Å². The molecule has 4 nitrogen and oxygen atoms in total. The van der Waals surface area contributed by atoms with Crippen molar-refractivity contribution >= 4 is 34.8 Å². The molecular weight excluding hydrogens is 512 g/mol. The Labute approximate surface area is 233 Å². The zero-order valence-electron chi connectivity index (χ0n) is 21.6. The molecule has 38 heavy (non-hydrogen) atoms. The van der Waals surface area contributed by atoms with E-state index in [1.54, 1.807) is 16.2 Å². The second-order valence-electron chi connectivity index (χ2n) is 9.90. The number of hydrogen-bond acceptors (Lipinski definition) is 3. The third kappa shape index (κ3) is 5.40. The summed E-state index contributed by atoms with van der Waals surface area (Å²) in [5.74, 6) is -0.602. The molecule has 3 aromatic carbocycles. The van der Waals surface area contributed by atoms with Crippen molar-refractivity contribution < 1.29 is 9.59 Å². The molecule has 6 heteroatoms. The lowest BCUT2D eigenvalue weighted by Crippen LogP contribution is -2.49. The van der Waals surface area contributed by atoms with Crippen LogP contribution in [0.4, 0.5) is 0 Å². The summed E-state index contributed by atoms with van der Waals surface area (Å²) >= 11 is 7.91. The molecule has 0 bridgehead atoms. The van der Waals surface area contributed by atoms with Gasteiger partial charge in [-0.05, 0) is 66.1 Å². The largest absolute Gasteiger partial charge is 0.330 e. The highest BCUT2D eigenvalue weighted by Crippen LogP contribution is 2.38. The van der Waals surface area contributed by atoms with Crippen molar-refractivity contribution in [3.63, 3.8) is 0 Å². The number of carbonyl (C=O) groups is 2. The zero-order valence-corrected chi connectivity index (χ0v) is 23.2. The molecule has 2 amide bonds. The van der Waals surface area contributed by atoms with Crippen LogP contribution in [0.15, 0.2) is 96.4 Å². The van der Waals surface area contributed by atoms with Gasteiger partial charge in [0.1, 0.15) is 6.54 Å². The van der Waals surface area contributed by atoms with E-state index >= 15 is 0 Å². The number of fused-ring (bicyclic) bond motifs is 1. The van der Waals surface area contributed by atoms with Crippen LogP contribution in [-0.2, 0) is 16.0 Å². The Morgan fingerprint density at radius 2 is 1.53 bits per heavy atom. The summed E-state index contributed by atoms with van der Waals surface area (Å²) in [5.41, 5.74) is 4.02. The Morgan fingerprint density at radius 1 is 0.921 bits per heavy atom. The molecule has 1 atom stereocenters. The van der Waals surface area contributed by atoms with Gasteiger partial charge in [0.15, 0.2) is 0 Å². The minimum Gasteiger partial charge on any atom is -0.330 e. The molecule has 1 aromatic heterocycles. The molecule has 5 rings (SSSR count). The molecule has 0 saturated carbocycles. The third-order valence-electron chi connectivity index (χ3n) is 7.20. The first kappa shape index (κ1) is 26.2. The molecule has 194 valence electrons. The number of halogens is 1. The van der Waals surface area contributed by atoms with Gasteiger partial charge in [-0.15, -0.1) is 11.3 Å². The van der Waals surface area contributed by atoms with E-state index in [2.05, 4.69) is 11.4 Å². The van der Waals surface area contributed by atoms with E-state index in [1.165, 1.54) is 4.88 Å². The summed E-state index contributed by atoms with van der Waals surface area (Å²) in [6, 6.07) is 29.1. The SMILES string of the molecule is CC(C)N(CC(=O)N1CCc2sccc2C1c1ccc(Cl)cc1)C(=O)C(c1ccccc1)c1ccccc1. The van der Waals surface area contributed by atoms with Gasteiger partial charge in [-0.25, -0.2) is 0 Å². The summed E-state index contributed by atoms with van der Waals surface area (Å²) < 4.78 is 0. The van der Waals surface area contributed by atoms with Crippen LogP contribution >= 0.6 is 22.9 Å². The van der Waals surface area contributed by atoms with Crippen LogP contribution in [0.5, 0.6) is 0 Å². The van der Waals surface area contributed by atoms with Crippen molar-refractivity contribution in [2.45, 2.75) is 38.3 Å². The molecule has 0 radical (unpaired) electrons. The van der Waals surface area contributed by atoms with E-state index in [4.69, 9.17) is 11.6 Å². The highest BCUT2D eigenvalue weighted by Gasteiger charge is 2.36. The van der Waals surface area contributed by atoms with E-state index in [-0.39, 0.29) is 30.4 Å². The third-order valence-corrected chi connectivity index (χ3v) is 8.45. The second kappa shape index (κ2) is 11.5. The van der Waals surface area contributed by atoms with Crippen LogP contribution in [0, 0.1) is 0 Å².